The van der Waals surface area contributed by atoms with E-state index in [4.69, 9.17) is 18.9 Å². The predicted molar refractivity (Wildman–Crippen MR) is 109 cm³/mol. The van der Waals surface area contributed by atoms with Crippen molar-refractivity contribution in [3.63, 3.8) is 0 Å². The van der Waals surface area contributed by atoms with Crippen LogP contribution >= 0.6 is 24.0 Å². The number of ether oxygens (including phenoxy) is 4. The van der Waals surface area contributed by atoms with Gasteiger partial charge in [-0.25, -0.2) is 0 Å². The summed E-state index contributed by atoms with van der Waals surface area (Å²) < 4.78 is 20.7. The highest BCUT2D eigenvalue weighted by Gasteiger charge is 1.97. The highest BCUT2D eigenvalue weighted by molar-refractivity contribution is 14.0. The normalized spacial score (nSPS) is 11.2. The lowest BCUT2D eigenvalue weighted by molar-refractivity contribution is 0.0689. The summed E-state index contributed by atoms with van der Waals surface area (Å²) in [4.78, 5) is 4.52. The molecule has 7 nitrogen and oxygen atoms in total. The van der Waals surface area contributed by atoms with Gasteiger partial charge in [0.1, 0.15) is 0 Å². The summed E-state index contributed by atoms with van der Waals surface area (Å²) in [6.45, 7) is 8.67. The summed E-state index contributed by atoms with van der Waals surface area (Å²) in [6.07, 6.45) is 2.99. The van der Waals surface area contributed by atoms with Crippen molar-refractivity contribution in [2.45, 2.75) is 26.2 Å². The van der Waals surface area contributed by atoms with E-state index >= 15 is 0 Å². The van der Waals surface area contributed by atoms with Crippen LogP contribution in [-0.2, 0) is 18.9 Å². The second-order valence-corrected chi connectivity index (χ2v) is 4.96. The predicted octanol–water partition coefficient (Wildman–Crippen LogP) is 1.66. The quantitative estimate of drug-likeness (QED) is 0.158. The third-order valence-electron chi connectivity index (χ3n) is 2.93. The van der Waals surface area contributed by atoms with Gasteiger partial charge in [0.25, 0.3) is 0 Å². The van der Waals surface area contributed by atoms with Crippen LogP contribution < -0.4 is 10.6 Å². The summed E-state index contributed by atoms with van der Waals surface area (Å²) in [6, 6.07) is 0. The molecule has 0 aromatic rings. The maximum Gasteiger partial charge on any atom is 0.191 e. The van der Waals surface area contributed by atoms with Gasteiger partial charge in [-0.1, -0.05) is 0 Å². The monoisotopic (exact) mass is 461 g/mol. The zero-order chi connectivity index (χ0) is 17.0. The Morgan fingerprint density at radius 3 is 2.00 bits per heavy atom. The average molecular weight is 461 g/mol. The molecule has 0 saturated carbocycles. The Hall–Kier alpha value is -0.160. The maximum absolute atomic E-state index is 5.43. The number of guanidine groups is 1. The summed E-state index contributed by atoms with van der Waals surface area (Å²) in [7, 11) is 3.36. The van der Waals surface area contributed by atoms with Crippen molar-refractivity contribution in [1.82, 2.24) is 10.6 Å². The van der Waals surface area contributed by atoms with Gasteiger partial charge in [-0.2, -0.15) is 0 Å². The van der Waals surface area contributed by atoms with Gasteiger partial charge in [0, 0.05) is 47.1 Å². The van der Waals surface area contributed by atoms with E-state index in [1.54, 1.807) is 14.2 Å². The van der Waals surface area contributed by atoms with Gasteiger partial charge in [0.05, 0.1) is 26.4 Å². The summed E-state index contributed by atoms with van der Waals surface area (Å²) in [5, 5.41) is 6.57. The van der Waals surface area contributed by atoms with Crippen LogP contribution in [0, 0.1) is 0 Å². The second-order valence-electron chi connectivity index (χ2n) is 4.96. The Bertz CT molecular complexity index is 272. The van der Waals surface area contributed by atoms with Crippen LogP contribution in [0.4, 0.5) is 0 Å². The molecule has 0 fully saturated rings. The van der Waals surface area contributed by atoms with Crippen LogP contribution in [0.25, 0.3) is 0 Å². The molecule has 24 heavy (non-hydrogen) atoms. The molecule has 0 bridgehead atoms. The molecule has 2 N–H and O–H groups in total. The third-order valence-corrected chi connectivity index (χ3v) is 2.93. The van der Waals surface area contributed by atoms with Crippen molar-refractivity contribution in [2.75, 3.05) is 73.5 Å². The Morgan fingerprint density at radius 1 is 0.792 bits per heavy atom. The van der Waals surface area contributed by atoms with Crippen molar-refractivity contribution in [3.8, 4) is 0 Å². The largest absolute Gasteiger partial charge is 0.382 e. The Kier molecular flexibility index (Phi) is 24.8. The molecule has 0 aliphatic carbocycles. The van der Waals surface area contributed by atoms with E-state index in [0.717, 1.165) is 51.5 Å². The molecule has 0 aromatic heterocycles. The molecule has 0 saturated heterocycles. The minimum Gasteiger partial charge on any atom is -0.382 e. The molecule has 0 spiro atoms. The van der Waals surface area contributed by atoms with Crippen LogP contribution in [0.2, 0.25) is 0 Å². The van der Waals surface area contributed by atoms with Gasteiger partial charge in [0.15, 0.2) is 5.96 Å². The van der Waals surface area contributed by atoms with Crippen LogP contribution in [0.3, 0.4) is 0 Å². The van der Waals surface area contributed by atoms with Crippen molar-refractivity contribution in [3.05, 3.63) is 0 Å². The second kappa shape index (κ2) is 22.8. The lowest BCUT2D eigenvalue weighted by Gasteiger charge is -2.11. The molecule has 0 amide bonds. The fourth-order valence-electron chi connectivity index (χ4n) is 1.72. The van der Waals surface area contributed by atoms with Crippen molar-refractivity contribution in [1.29, 1.82) is 0 Å². The van der Waals surface area contributed by atoms with E-state index in [1.165, 1.54) is 0 Å². The maximum atomic E-state index is 5.43. The van der Waals surface area contributed by atoms with Gasteiger partial charge >= 0.3 is 0 Å². The SMILES string of the molecule is CCNC(=NCCCOCCOC)NCCCCOCCOC.I. The first-order chi connectivity index (χ1) is 11.3. The lowest BCUT2D eigenvalue weighted by Crippen LogP contribution is -2.38. The number of hydrogen-bond donors (Lipinski definition) is 2. The smallest absolute Gasteiger partial charge is 0.191 e. The topological polar surface area (TPSA) is 73.3 Å². The van der Waals surface area contributed by atoms with E-state index in [9.17, 15) is 0 Å². The van der Waals surface area contributed by atoms with Gasteiger partial charge in [-0.15, -0.1) is 24.0 Å². The highest BCUT2D eigenvalue weighted by Crippen LogP contribution is 1.90. The molecule has 0 aliphatic heterocycles. The number of nitrogens with zero attached hydrogens (tertiary/aromatic N) is 1. The molecule has 8 heteroatoms. The van der Waals surface area contributed by atoms with Gasteiger partial charge < -0.3 is 29.6 Å². The number of hydrogen-bond acceptors (Lipinski definition) is 5. The molecule has 146 valence electrons. The van der Waals surface area contributed by atoms with Crippen LogP contribution in [-0.4, -0.2) is 79.5 Å². The Morgan fingerprint density at radius 2 is 1.42 bits per heavy atom. The summed E-state index contributed by atoms with van der Waals surface area (Å²) in [5.74, 6) is 0.865. The van der Waals surface area contributed by atoms with Crippen LogP contribution in [0.5, 0.6) is 0 Å². The number of nitrogens with one attached hydrogen (secondary N) is 2. The zero-order valence-corrected chi connectivity index (χ0v) is 17.8. The van der Waals surface area contributed by atoms with E-state index in [1.807, 2.05) is 0 Å². The highest BCUT2D eigenvalue weighted by atomic mass is 127. The molecule has 0 aromatic carbocycles. The third kappa shape index (κ3) is 19.9. The lowest BCUT2D eigenvalue weighted by atomic mass is 10.3. The number of methoxy groups -OCH3 is 2. The number of aliphatic imine (C=N–C) groups is 1. The summed E-state index contributed by atoms with van der Waals surface area (Å²) in [5.41, 5.74) is 0. The molecule has 0 aliphatic rings. The molecule has 0 heterocycles. The Balaban J connectivity index is 0. The zero-order valence-electron chi connectivity index (χ0n) is 15.5. The fraction of sp³-hybridized carbons (Fsp3) is 0.938. The first-order valence-electron chi connectivity index (χ1n) is 8.50. The number of halogens is 1. The van der Waals surface area contributed by atoms with Gasteiger partial charge in [-0.3, -0.25) is 4.99 Å². The molecule has 0 unspecified atom stereocenters. The Labute approximate surface area is 164 Å². The first kappa shape index (κ1) is 26.1. The standard InChI is InChI=1S/C16H35N3O4.HI/c1-4-17-16(19-9-7-11-23-15-13-21-3)18-8-5-6-10-22-14-12-20-2;/h4-15H2,1-3H3,(H2,17,18,19);1H. The van der Waals surface area contributed by atoms with Crippen LogP contribution in [0.1, 0.15) is 26.2 Å². The summed E-state index contributed by atoms with van der Waals surface area (Å²) >= 11 is 0. The van der Waals surface area contributed by atoms with Crippen LogP contribution in [0.15, 0.2) is 4.99 Å². The van der Waals surface area contributed by atoms with E-state index in [-0.39, 0.29) is 24.0 Å². The van der Waals surface area contributed by atoms with Crippen molar-refractivity contribution in [2.24, 2.45) is 4.99 Å². The molecular weight excluding hydrogens is 425 g/mol. The van der Waals surface area contributed by atoms with Crippen molar-refractivity contribution >= 4 is 29.9 Å². The fourth-order valence-corrected chi connectivity index (χ4v) is 1.72. The van der Waals surface area contributed by atoms with E-state index in [2.05, 4.69) is 22.5 Å². The first-order valence-corrected chi connectivity index (χ1v) is 8.50. The van der Waals surface area contributed by atoms with Gasteiger partial charge in [-0.05, 0) is 26.2 Å². The minimum absolute atomic E-state index is 0. The molecule has 0 atom stereocenters. The van der Waals surface area contributed by atoms with E-state index < -0.39 is 0 Å². The molecule has 0 rings (SSSR count). The molecular formula is C16H36IN3O4. The molecule has 0 radical (unpaired) electrons. The van der Waals surface area contributed by atoms with Gasteiger partial charge in [0.2, 0.25) is 0 Å². The van der Waals surface area contributed by atoms with E-state index in [0.29, 0.717) is 33.0 Å². The minimum atomic E-state index is 0. The number of unbranched alkanes of at least 4 members (excludes halogenated alkanes) is 1. The number of rotatable bonds is 16. The van der Waals surface area contributed by atoms with Crippen molar-refractivity contribution < 1.29 is 18.9 Å². The average Bonchev–Trinajstić information content (AvgIpc) is 2.56.